The minimum Gasteiger partial charge on any atom is -0.349 e. The highest BCUT2D eigenvalue weighted by molar-refractivity contribution is 5.96. The third-order valence-electron chi connectivity index (χ3n) is 4.61. The predicted octanol–water partition coefficient (Wildman–Crippen LogP) is 1.72. The van der Waals surface area contributed by atoms with Gasteiger partial charge in [-0.3, -0.25) is 24.6 Å². The van der Waals surface area contributed by atoms with E-state index in [1.54, 1.807) is 38.1 Å². The number of nitrogens with zero attached hydrogens (tertiary/aromatic N) is 3. The molecule has 0 saturated carbocycles. The molecule has 0 radical (unpaired) electrons. The number of hydrogen-bond donors (Lipinski definition) is 1. The van der Waals surface area contributed by atoms with Crippen molar-refractivity contribution in [2.24, 2.45) is 5.92 Å². The van der Waals surface area contributed by atoms with Gasteiger partial charge in [-0.1, -0.05) is 12.1 Å². The zero-order valence-electron chi connectivity index (χ0n) is 14.8. The first kappa shape index (κ1) is 18.9. The van der Waals surface area contributed by atoms with Gasteiger partial charge in [0.05, 0.1) is 11.0 Å². The molecule has 1 aliphatic rings. The number of nitro groups is 1. The lowest BCUT2D eigenvalue weighted by atomic mass is 9.94. The Bertz CT molecular complexity index is 654. The van der Waals surface area contributed by atoms with Gasteiger partial charge in [0.25, 0.3) is 5.69 Å². The second-order valence-corrected chi connectivity index (χ2v) is 6.48. The first-order valence-corrected chi connectivity index (χ1v) is 8.30. The van der Waals surface area contributed by atoms with Gasteiger partial charge in [0, 0.05) is 26.1 Å². The summed E-state index contributed by atoms with van der Waals surface area (Å²) in [5, 5.41) is 13.7. The number of nitrogens with one attached hydrogen (secondary N) is 1. The Morgan fingerprint density at radius 1 is 1.28 bits per heavy atom. The number of benzene rings is 1. The van der Waals surface area contributed by atoms with Crippen molar-refractivity contribution in [2.45, 2.75) is 25.8 Å². The van der Waals surface area contributed by atoms with Crippen molar-refractivity contribution in [1.29, 1.82) is 0 Å². The van der Waals surface area contributed by atoms with E-state index in [0.717, 1.165) is 0 Å². The van der Waals surface area contributed by atoms with Crippen LogP contribution in [0.15, 0.2) is 24.3 Å². The summed E-state index contributed by atoms with van der Waals surface area (Å²) in [4.78, 5) is 38.6. The smallest absolute Gasteiger partial charge is 0.292 e. The minimum atomic E-state index is -0.515. The summed E-state index contributed by atoms with van der Waals surface area (Å²) in [6, 6.07) is 5.66. The lowest BCUT2D eigenvalue weighted by Gasteiger charge is -2.35. The molecule has 8 nitrogen and oxygen atoms in total. The molecule has 1 heterocycles. The Labute approximate surface area is 146 Å². The summed E-state index contributed by atoms with van der Waals surface area (Å²) >= 11 is 0. The van der Waals surface area contributed by atoms with E-state index in [9.17, 15) is 19.7 Å². The van der Waals surface area contributed by atoms with Crippen LogP contribution < -0.4 is 5.32 Å². The molecule has 1 aromatic carbocycles. The normalized spacial score (nSPS) is 16.9. The van der Waals surface area contributed by atoms with Gasteiger partial charge in [0.2, 0.25) is 11.8 Å². The number of rotatable bonds is 5. The van der Waals surface area contributed by atoms with Crippen LogP contribution in [0.4, 0.5) is 11.4 Å². The first-order chi connectivity index (χ1) is 11.8. The molecule has 1 aromatic rings. The molecule has 2 amide bonds. The maximum atomic E-state index is 12.5. The number of anilines is 1. The summed E-state index contributed by atoms with van der Waals surface area (Å²) in [7, 11) is 3.50. The number of hydrogen-bond acceptors (Lipinski definition) is 5. The molecule has 136 valence electrons. The SMILES string of the molecule is CC(C(=O)Nc1ccccc1[N+](=O)[O-])N1CCC(C(=O)N(C)C)CC1. The predicted molar refractivity (Wildman–Crippen MR) is 94.2 cm³/mol. The summed E-state index contributed by atoms with van der Waals surface area (Å²) in [5.41, 5.74) is 0.0698. The average molecular weight is 348 g/mol. The number of nitro benzene ring substituents is 1. The Morgan fingerprint density at radius 2 is 1.88 bits per heavy atom. The van der Waals surface area contributed by atoms with Crippen LogP contribution in [0.5, 0.6) is 0 Å². The quantitative estimate of drug-likeness (QED) is 0.646. The van der Waals surface area contributed by atoms with E-state index in [2.05, 4.69) is 5.32 Å². The molecule has 1 saturated heterocycles. The highest BCUT2D eigenvalue weighted by Gasteiger charge is 2.30. The van der Waals surface area contributed by atoms with Crippen molar-refractivity contribution >= 4 is 23.2 Å². The Balaban J connectivity index is 1.96. The fraction of sp³-hybridized carbons (Fsp3) is 0.529. The second-order valence-electron chi connectivity index (χ2n) is 6.48. The third kappa shape index (κ3) is 4.54. The van der Waals surface area contributed by atoms with Crippen molar-refractivity contribution in [1.82, 2.24) is 9.80 Å². The summed E-state index contributed by atoms with van der Waals surface area (Å²) in [5.74, 6) is -0.167. The number of piperidine rings is 1. The van der Waals surface area contributed by atoms with Crippen LogP contribution >= 0.6 is 0 Å². The van der Waals surface area contributed by atoms with Gasteiger partial charge in [-0.15, -0.1) is 0 Å². The van der Waals surface area contributed by atoms with Gasteiger partial charge >= 0.3 is 0 Å². The van der Waals surface area contributed by atoms with E-state index in [0.29, 0.717) is 25.9 Å². The third-order valence-corrected chi connectivity index (χ3v) is 4.61. The van der Waals surface area contributed by atoms with E-state index in [4.69, 9.17) is 0 Å². The van der Waals surface area contributed by atoms with Crippen molar-refractivity contribution in [3.63, 3.8) is 0 Å². The Kier molecular flexibility index (Phi) is 6.08. The van der Waals surface area contributed by atoms with E-state index in [1.807, 2.05) is 4.90 Å². The summed E-state index contributed by atoms with van der Waals surface area (Å²) < 4.78 is 0. The fourth-order valence-electron chi connectivity index (χ4n) is 3.04. The molecule has 25 heavy (non-hydrogen) atoms. The zero-order chi connectivity index (χ0) is 18.6. The topological polar surface area (TPSA) is 95.8 Å². The average Bonchev–Trinajstić information content (AvgIpc) is 2.60. The molecule has 2 rings (SSSR count). The molecule has 1 N–H and O–H groups in total. The van der Waals surface area contributed by atoms with E-state index >= 15 is 0 Å². The molecule has 0 aliphatic carbocycles. The fourth-order valence-corrected chi connectivity index (χ4v) is 3.04. The van der Waals surface area contributed by atoms with Crippen molar-refractivity contribution in [2.75, 3.05) is 32.5 Å². The minimum absolute atomic E-state index is 0.00304. The van der Waals surface area contributed by atoms with Crippen molar-refractivity contribution < 1.29 is 14.5 Å². The molecule has 0 aromatic heterocycles. The molecular weight excluding hydrogens is 324 g/mol. The van der Waals surface area contributed by atoms with Gasteiger partial charge < -0.3 is 10.2 Å². The van der Waals surface area contributed by atoms with Crippen LogP contribution in [0.2, 0.25) is 0 Å². The Morgan fingerprint density at radius 3 is 2.44 bits per heavy atom. The number of carbonyl (C=O) groups is 2. The largest absolute Gasteiger partial charge is 0.349 e. The molecule has 1 aliphatic heterocycles. The molecule has 1 unspecified atom stereocenters. The zero-order valence-corrected chi connectivity index (χ0v) is 14.8. The highest BCUT2D eigenvalue weighted by Crippen LogP contribution is 2.25. The maximum absolute atomic E-state index is 12.5. The van der Waals surface area contributed by atoms with Crippen LogP contribution in [0, 0.1) is 16.0 Å². The van der Waals surface area contributed by atoms with Gasteiger partial charge in [-0.25, -0.2) is 0 Å². The van der Waals surface area contributed by atoms with Gasteiger partial charge in [-0.05, 0) is 38.9 Å². The van der Waals surface area contributed by atoms with Gasteiger partial charge in [0.15, 0.2) is 0 Å². The second kappa shape index (κ2) is 8.06. The standard InChI is InChI=1S/C17H24N4O4/c1-12(20-10-8-13(9-11-20)17(23)19(2)3)16(22)18-14-6-4-5-7-15(14)21(24)25/h4-7,12-13H,8-11H2,1-3H3,(H,18,22). The number of likely N-dealkylation sites (tertiary alicyclic amines) is 1. The highest BCUT2D eigenvalue weighted by atomic mass is 16.6. The van der Waals surface area contributed by atoms with Crippen LogP contribution in [0.25, 0.3) is 0 Å². The summed E-state index contributed by atoms with van der Waals surface area (Å²) in [6.45, 7) is 3.07. The molecule has 1 atom stereocenters. The lowest BCUT2D eigenvalue weighted by molar-refractivity contribution is -0.383. The van der Waals surface area contributed by atoms with Crippen LogP contribution in [-0.4, -0.2) is 59.8 Å². The van der Waals surface area contributed by atoms with Crippen LogP contribution in [0.3, 0.4) is 0 Å². The Hall–Kier alpha value is -2.48. The van der Waals surface area contributed by atoms with Crippen molar-refractivity contribution in [3.8, 4) is 0 Å². The van der Waals surface area contributed by atoms with E-state index in [-0.39, 0.29) is 29.1 Å². The van der Waals surface area contributed by atoms with Gasteiger partial charge in [0.1, 0.15) is 5.69 Å². The van der Waals surface area contributed by atoms with Crippen LogP contribution in [0.1, 0.15) is 19.8 Å². The van der Waals surface area contributed by atoms with Crippen molar-refractivity contribution in [3.05, 3.63) is 34.4 Å². The van der Waals surface area contributed by atoms with E-state index in [1.165, 1.54) is 12.1 Å². The molecule has 0 bridgehead atoms. The van der Waals surface area contributed by atoms with Gasteiger partial charge in [-0.2, -0.15) is 0 Å². The van der Waals surface area contributed by atoms with Crippen LogP contribution in [-0.2, 0) is 9.59 Å². The first-order valence-electron chi connectivity index (χ1n) is 8.30. The molecular formula is C17H24N4O4. The number of carbonyl (C=O) groups excluding carboxylic acids is 2. The lowest BCUT2D eigenvalue weighted by Crippen LogP contribution is -2.48. The van der Waals surface area contributed by atoms with E-state index < -0.39 is 11.0 Å². The number of amides is 2. The molecule has 1 fully saturated rings. The molecule has 8 heteroatoms. The summed E-state index contributed by atoms with van der Waals surface area (Å²) in [6.07, 6.45) is 1.42. The molecule has 0 spiro atoms. The monoisotopic (exact) mass is 348 g/mol. The number of para-hydroxylation sites is 2. The maximum Gasteiger partial charge on any atom is 0.292 e.